The summed E-state index contributed by atoms with van der Waals surface area (Å²) in [6, 6.07) is 0. The molecule has 0 bridgehead atoms. The van der Waals surface area contributed by atoms with Gasteiger partial charge in [-0.2, -0.15) is 0 Å². The lowest BCUT2D eigenvalue weighted by Gasteiger charge is -1.75. The van der Waals surface area contributed by atoms with Crippen molar-refractivity contribution in [2.45, 2.75) is 0 Å². The zero-order chi connectivity index (χ0) is 7.15. The highest BCUT2D eigenvalue weighted by atomic mass is 31.1. The summed E-state index contributed by atoms with van der Waals surface area (Å²) in [5.74, 6) is 0. The molecule has 0 heterocycles. The molecule has 0 aromatic heterocycles. The van der Waals surface area contributed by atoms with Crippen LogP contribution in [0.1, 0.15) is 5.71 Å². The van der Waals surface area contributed by atoms with Crippen LogP contribution in [0.5, 0.6) is 0 Å². The summed E-state index contributed by atoms with van der Waals surface area (Å²) < 4.78 is 17.0. The van der Waals surface area contributed by atoms with E-state index < -0.39 is 16.5 Å². The maximum atomic E-state index is 8.48. The lowest BCUT2D eigenvalue weighted by atomic mass is 15.8. The van der Waals surface area contributed by atoms with E-state index in [9.17, 15) is 0 Å². The Bertz CT molecular complexity index is 75.5. The number of hydrogen-bond donors (Lipinski definition) is 0. The zero-order valence-corrected chi connectivity index (χ0v) is 5.13. The first kappa shape index (κ1) is 10.9. The first-order valence-electron chi connectivity index (χ1n) is 1.10. The molecule has 0 aliphatic rings. The quantitative estimate of drug-likeness (QED) is 0.353. The molecule has 8 heavy (non-hydrogen) atoms. The molecular formula is H4O6P2+2. The minimum absolute atomic E-state index is 0. The molecule has 48 valence electrons. The fourth-order valence-corrected chi connectivity index (χ4v) is 0. The van der Waals surface area contributed by atoms with Gasteiger partial charge in [0.15, 0.2) is 0 Å². The lowest BCUT2D eigenvalue weighted by molar-refractivity contribution is -0.298. The van der Waals surface area contributed by atoms with Gasteiger partial charge in [-0.25, -0.2) is 0 Å². The van der Waals surface area contributed by atoms with E-state index in [1.54, 1.807) is 0 Å². The van der Waals surface area contributed by atoms with E-state index in [1.165, 1.54) is 0 Å². The molecule has 0 radical (unpaired) electrons. The van der Waals surface area contributed by atoms with Gasteiger partial charge in [-0.3, -0.25) is 0 Å². The van der Waals surface area contributed by atoms with Crippen LogP contribution >= 0.6 is 16.5 Å². The van der Waals surface area contributed by atoms with Crippen LogP contribution in [0.25, 0.3) is 0 Å². The maximum Gasteiger partial charge on any atom is 1.00 e. The maximum absolute atomic E-state index is 8.48. The van der Waals surface area contributed by atoms with Gasteiger partial charge < -0.3 is 19.6 Å². The van der Waals surface area contributed by atoms with Crippen LogP contribution in [0.15, 0.2) is 0 Å². The predicted octanol–water partition coefficient (Wildman–Crippen LogP) is -2.82. The predicted molar refractivity (Wildman–Crippen MR) is 19.7 cm³/mol. The highest BCUT2D eigenvalue weighted by Gasteiger charge is 1.53. The van der Waals surface area contributed by atoms with Gasteiger partial charge in [0.25, 0.3) is 16.5 Å². The van der Waals surface area contributed by atoms with Gasteiger partial charge >= 0.3 is 5.71 Å². The summed E-state index contributed by atoms with van der Waals surface area (Å²) in [7, 11) is -6.74. The fraction of sp³-hybridized carbons (Fsp3) is 0. The van der Waals surface area contributed by atoms with Crippen molar-refractivity contribution in [3.63, 3.8) is 0 Å². The van der Waals surface area contributed by atoms with Crippen LogP contribution in [0.4, 0.5) is 0 Å². The van der Waals surface area contributed by atoms with E-state index in [-0.39, 0.29) is 5.71 Å². The average molecular weight is 162 g/mol. The molecular weight excluding hydrogens is 158 g/mol. The van der Waals surface area contributed by atoms with Crippen molar-refractivity contribution in [2.75, 3.05) is 0 Å². The van der Waals surface area contributed by atoms with Gasteiger partial charge in [0.1, 0.15) is 0 Å². The zero-order valence-electron chi connectivity index (χ0n) is 7.34. The molecule has 0 spiro atoms. The highest BCUT2D eigenvalue weighted by molar-refractivity contribution is 7.27. The van der Waals surface area contributed by atoms with Crippen molar-refractivity contribution < 1.29 is 34.4 Å². The second-order valence-corrected chi connectivity index (χ2v) is 1.34. The third-order valence-electron chi connectivity index (χ3n) is 0. The van der Waals surface area contributed by atoms with Crippen LogP contribution in [0, 0.1) is 0 Å². The van der Waals surface area contributed by atoms with Crippen LogP contribution in [0.3, 0.4) is 0 Å². The molecule has 0 N–H and O–H groups in total. The molecule has 0 saturated carbocycles. The summed E-state index contributed by atoms with van der Waals surface area (Å²) in [5, 5.41) is 0. The van der Waals surface area contributed by atoms with Crippen LogP contribution in [0.2, 0.25) is 0 Å². The molecule has 0 aliphatic carbocycles. The van der Waals surface area contributed by atoms with Gasteiger partial charge in [0, 0.05) is 0 Å². The Morgan fingerprint density at radius 3 is 0.875 bits per heavy atom. The van der Waals surface area contributed by atoms with Crippen molar-refractivity contribution in [1.29, 1.82) is 0 Å². The van der Waals surface area contributed by atoms with Crippen LogP contribution in [-0.2, 0) is 9.13 Å². The molecule has 0 fully saturated rings. The Kier molecular flexibility index (Phi) is 9.61. The van der Waals surface area contributed by atoms with E-state index in [2.05, 4.69) is 0 Å². The Morgan fingerprint density at radius 2 is 0.875 bits per heavy atom. The van der Waals surface area contributed by atoms with E-state index >= 15 is 0 Å². The Hall–Kier alpha value is 0.0400. The van der Waals surface area contributed by atoms with Crippen molar-refractivity contribution in [3.05, 3.63) is 0 Å². The molecule has 0 amide bonds. The average Bonchev–Trinajstić information content (AvgIpc) is 1.25. The van der Waals surface area contributed by atoms with Crippen molar-refractivity contribution >= 4 is 16.5 Å². The molecule has 6 nitrogen and oxygen atoms in total. The molecule has 8 heteroatoms. The normalized spacial score (nSPS) is 6.50. The highest BCUT2D eigenvalue weighted by Crippen LogP contribution is 1.80. The van der Waals surface area contributed by atoms with Crippen molar-refractivity contribution in [3.8, 4) is 0 Å². The van der Waals surface area contributed by atoms with Crippen molar-refractivity contribution in [1.82, 2.24) is 0 Å². The molecule has 0 atom stereocenters. The Balaban J connectivity index is -0.0000000112. The Morgan fingerprint density at radius 1 is 0.875 bits per heavy atom. The second-order valence-electron chi connectivity index (χ2n) is 0.447. The van der Waals surface area contributed by atoms with Gasteiger partial charge in [-0.15, -0.1) is 0 Å². The summed E-state index contributed by atoms with van der Waals surface area (Å²) in [5.41, 5.74) is 0. The molecule has 0 unspecified atom stereocenters. The van der Waals surface area contributed by atoms with E-state index in [4.69, 9.17) is 28.7 Å². The van der Waals surface area contributed by atoms with Crippen LogP contribution in [-0.4, -0.2) is 0 Å². The summed E-state index contributed by atoms with van der Waals surface area (Å²) in [4.78, 5) is 33.9. The van der Waals surface area contributed by atoms with Crippen LogP contribution < -0.4 is 19.6 Å². The minimum atomic E-state index is -3.37. The number of rotatable bonds is 0. The first-order valence-corrected chi connectivity index (χ1v) is 3.29. The van der Waals surface area contributed by atoms with Crippen molar-refractivity contribution in [2.24, 2.45) is 0 Å². The topological polar surface area (TPSA) is 126 Å². The van der Waals surface area contributed by atoms with Gasteiger partial charge in [0.05, 0.1) is 0 Å². The molecule has 0 rings (SSSR count). The third kappa shape index (κ3) is 95900. The van der Waals surface area contributed by atoms with Gasteiger partial charge in [-0.1, -0.05) is 9.13 Å². The van der Waals surface area contributed by atoms with E-state index in [1.807, 2.05) is 0 Å². The number of hydrogen-bond acceptors (Lipinski definition) is 6. The third-order valence-corrected chi connectivity index (χ3v) is 0. The second kappa shape index (κ2) is 7.04. The SMILES string of the molecule is O=[P+]([O-])[O-].O=[P+]([O-])[O-].[H+].[H+].[H+].[H+]. The monoisotopic (exact) mass is 162 g/mol. The summed E-state index contributed by atoms with van der Waals surface area (Å²) in [6.07, 6.45) is 0. The summed E-state index contributed by atoms with van der Waals surface area (Å²) in [6.45, 7) is 0. The standard InChI is InChI=1S/2HO3P/c2*1-4(2)3/h2*(H,1,2,3)/p+2. The minimum Gasteiger partial charge on any atom is -0.598 e. The smallest absolute Gasteiger partial charge is 0.598 e. The van der Waals surface area contributed by atoms with E-state index in [0.717, 1.165) is 0 Å². The first-order chi connectivity index (χ1) is 3.46. The Labute approximate surface area is 52.3 Å². The molecule has 0 aromatic rings. The van der Waals surface area contributed by atoms with Gasteiger partial charge in [-0.05, 0) is 0 Å². The largest absolute Gasteiger partial charge is 1.00 e. The lowest BCUT2D eigenvalue weighted by Crippen LogP contribution is -1.97. The van der Waals surface area contributed by atoms with E-state index in [0.29, 0.717) is 0 Å². The summed E-state index contributed by atoms with van der Waals surface area (Å²) >= 11 is 0. The molecule has 0 aromatic carbocycles. The molecule has 0 saturated heterocycles. The molecule has 0 aliphatic heterocycles. The van der Waals surface area contributed by atoms with Gasteiger partial charge in [0.2, 0.25) is 0 Å². The fourth-order valence-electron chi connectivity index (χ4n) is 0.